The van der Waals surface area contributed by atoms with E-state index in [-0.39, 0.29) is 5.63 Å². The lowest BCUT2D eigenvalue weighted by atomic mass is 9.96. The molecule has 0 aliphatic carbocycles. The summed E-state index contributed by atoms with van der Waals surface area (Å²) in [5, 5.41) is 0. The number of hydrogen-bond donors (Lipinski definition) is 0. The van der Waals surface area contributed by atoms with Gasteiger partial charge in [0.2, 0.25) is 0 Å². The maximum atomic E-state index is 11.9. The quantitative estimate of drug-likeness (QED) is 0.685. The Hall–Kier alpha value is -2.61. The van der Waals surface area contributed by atoms with Crippen molar-refractivity contribution in [1.29, 1.82) is 0 Å². The van der Waals surface area contributed by atoms with Crippen LogP contribution in [0.25, 0.3) is 22.5 Å². The SMILES string of the molecule is Cc1ccccc1-c1cc(C)c(=O)oc1-c1ccccc1. The van der Waals surface area contributed by atoms with Crippen LogP contribution in [-0.2, 0) is 0 Å². The van der Waals surface area contributed by atoms with Gasteiger partial charge in [-0.3, -0.25) is 0 Å². The van der Waals surface area contributed by atoms with Gasteiger partial charge >= 0.3 is 5.63 Å². The third-order valence-electron chi connectivity index (χ3n) is 3.59. The molecule has 1 heterocycles. The van der Waals surface area contributed by atoms with Gasteiger partial charge in [-0.15, -0.1) is 0 Å². The molecule has 2 aromatic carbocycles. The molecule has 0 bridgehead atoms. The predicted molar refractivity (Wildman–Crippen MR) is 85.3 cm³/mol. The number of aryl methyl sites for hydroxylation is 2. The van der Waals surface area contributed by atoms with Crippen molar-refractivity contribution >= 4 is 0 Å². The van der Waals surface area contributed by atoms with Crippen molar-refractivity contribution in [3.05, 3.63) is 82.2 Å². The highest BCUT2D eigenvalue weighted by Crippen LogP contribution is 2.33. The summed E-state index contributed by atoms with van der Waals surface area (Å²) in [6.07, 6.45) is 0. The van der Waals surface area contributed by atoms with Crippen molar-refractivity contribution in [2.75, 3.05) is 0 Å². The largest absolute Gasteiger partial charge is 0.422 e. The van der Waals surface area contributed by atoms with Gasteiger partial charge in [0, 0.05) is 16.7 Å². The minimum Gasteiger partial charge on any atom is -0.422 e. The fourth-order valence-electron chi connectivity index (χ4n) is 2.45. The zero-order valence-electron chi connectivity index (χ0n) is 12.1. The Bertz CT molecular complexity index is 830. The summed E-state index contributed by atoms with van der Waals surface area (Å²) in [6.45, 7) is 3.84. The van der Waals surface area contributed by atoms with Crippen LogP contribution in [0.5, 0.6) is 0 Å². The van der Waals surface area contributed by atoms with Crippen LogP contribution in [0.15, 0.2) is 69.9 Å². The molecule has 2 heteroatoms. The molecule has 0 saturated heterocycles. The molecule has 0 fully saturated rings. The second-order valence-corrected chi connectivity index (χ2v) is 5.14. The first-order valence-electron chi connectivity index (χ1n) is 6.93. The molecule has 0 aliphatic heterocycles. The lowest BCUT2D eigenvalue weighted by Crippen LogP contribution is -2.05. The van der Waals surface area contributed by atoms with Gasteiger partial charge in [0.25, 0.3) is 0 Å². The van der Waals surface area contributed by atoms with Crippen molar-refractivity contribution in [3.63, 3.8) is 0 Å². The molecule has 3 rings (SSSR count). The second-order valence-electron chi connectivity index (χ2n) is 5.14. The van der Waals surface area contributed by atoms with Crippen LogP contribution in [0.2, 0.25) is 0 Å². The van der Waals surface area contributed by atoms with Crippen LogP contribution in [0.1, 0.15) is 11.1 Å². The van der Waals surface area contributed by atoms with E-state index < -0.39 is 0 Å². The van der Waals surface area contributed by atoms with Gasteiger partial charge in [-0.1, -0.05) is 54.6 Å². The molecule has 0 saturated carbocycles. The van der Waals surface area contributed by atoms with E-state index in [1.807, 2.05) is 48.5 Å². The second kappa shape index (κ2) is 5.41. The van der Waals surface area contributed by atoms with Crippen LogP contribution in [0, 0.1) is 13.8 Å². The highest BCUT2D eigenvalue weighted by molar-refractivity contribution is 5.81. The first-order chi connectivity index (χ1) is 10.2. The van der Waals surface area contributed by atoms with E-state index in [1.165, 1.54) is 0 Å². The first-order valence-corrected chi connectivity index (χ1v) is 6.93. The summed E-state index contributed by atoms with van der Waals surface area (Å²) in [5.41, 5.74) is 4.44. The molecular weight excluding hydrogens is 260 g/mol. The van der Waals surface area contributed by atoms with Crippen molar-refractivity contribution in [1.82, 2.24) is 0 Å². The minimum atomic E-state index is -0.286. The Morgan fingerprint density at radius 3 is 2.14 bits per heavy atom. The average Bonchev–Trinajstić information content (AvgIpc) is 2.51. The lowest BCUT2D eigenvalue weighted by Gasteiger charge is -2.11. The zero-order chi connectivity index (χ0) is 14.8. The maximum absolute atomic E-state index is 11.9. The molecule has 21 heavy (non-hydrogen) atoms. The van der Waals surface area contributed by atoms with Gasteiger partial charge in [-0.05, 0) is 31.0 Å². The van der Waals surface area contributed by atoms with E-state index in [4.69, 9.17) is 4.42 Å². The first kappa shape index (κ1) is 13.4. The standard InChI is InChI=1S/C19H16O2/c1-13-8-6-7-11-16(13)17-12-14(2)19(20)21-18(17)15-9-4-3-5-10-15/h3-12H,1-2H3. The van der Waals surface area contributed by atoms with Crippen molar-refractivity contribution in [2.45, 2.75) is 13.8 Å². The zero-order valence-corrected chi connectivity index (χ0v) is 12.1. The Morgan fingerprint density at radius 1 is 0.762 bits per heavy atom. The van der Waals surface area contributed by atoms with Crippen LogP contribution in [-0.4, -0.2) is 0 Å². The summed E-state index contributed by atoms with van der Waals surface area (Å²) in [6, 6.07) is 19.8. The Morgan fingerprint density at radius 2 is 1.43 bits per heavy atom. The Kier molecular flexibility index (Phi) is 3.44. The third kappa shape index (κ3) is 2.52. The molecule has 0 unspecified atom stereocenters. The molecule has 0 atom stereocenters. The fraction of sp³-hybridized carbons (Fsp3) is 0.105. The third-order valence-corrected chi connectivity index (χ3v) is 3.59. The van der Waals surface area contributed by atoms with E-state index in [9.17, 15) is 4.79 Å². The van der Waals surface area contributed by atoms with Crippen molar-refractivity contribution < 1.29 is 4.42 Å². The Balaban J connectivity index is 2.32. The molecule has 0 radical (unpaired) electrons. The molecule has 0 spiro atoms. The highest BCUT2D eigenvalue weighted by atomic mass is 16.4. The Labute approximate surface area is 123 Å². The molecule has 0 N–H and O–H groups in total. The molecule has 0 amide bonds. The van der Waals surface area contributed by atoms with Crippen LogP contribution >= 0.6 is 0 Å². The smallest absolute Gasteiger partial charge is 0.339 e. The number of rotatable bonds is 2. The predicted octanol–water partition coefficient (Wildman–Crippen LogP) is 4.59. The van der Waals surface area contributed by atoms with E-state index in [1.54, 1.807) is 6.92 Å². The maximum Gasteiger partial charge on any atom is 0.339 e. The molecule has 3 aromatic rings. The van der Waals surface area contributed by atoms with Gasteiger partial charge in [-0.25, -0.2) is 4.79 Å². The van der Waals surface area contributed by atoms with Crippen molar-refractivity contribution in [3.8, 4) is 22.5 Å². The van der Waals surface area contributed by atoms with Gasteiger partial charge in [-0.2, -0.15) is 0 Å². The monoisotopic (exact) mass is 276 g/mol. The topological polar surface area (TPSA) is 30.2 Å². The normalized spacial score (nSPS) is 10.6. The van der Waals surface area contributed by atoms with E-state index in [0.717, 1.165) is 22.3 Å². The van der Waals surface area contributed by atoms with Gasteiger partial charge < -0.3 is 4.42 Å². The molecule has 0 aliphatic rings. The summed E-state index contributed by atoms with van der Waals surface area (Å²) >= 11 is 0. The fourth-order valence-corrected chi connectivity index (χ4v) is 2.45. The summed E-state index contributed by atoms with van der Waals surface area (Å²) in [7, 11) is 0. The summed E-state index contributed by atoms with van der Waals surface area (Å²) < 4.78 is 5.58. The van der Waals surface area contributed by atoms with E-state index >= 15 is 0 Å². The lowest BCUT2D eigenvalue weighted by molar-refractivity contribution is 0.522. The highest BCUT2D eigenvalue weighted by Gasteiger charge is 2.14. The van der Waals surface area contributed by atoms with Gasteiger partial charge in [0.1, 0.15) is 5.76 Å². The van der Waals surface area contributed by atoms with Gasteiger partial charge in [0.05, 0.1) is 0 Å². The number of hydrogen-bond acceptors (Lipinski definition) is 2. The molecule has 104 valence electrons. The molecular formula is C19H16O2. The summed E-state index contributed by atoms with van der Waals surface area (Å²) in [5.74, 6) is 0.625. The van der Waals surface area contributed by atoms with E-state index in [0.29, 0.717) is 11.3 Å². The van der Waals surface area contributed by atoms with Crippen molar-refractivity contribution in [2.24, 2.45) is 0 Å². The average molecular weight is 276 g/mol. The van der Waals surface area contributed by atoms with Crippen LogP contribution in [0.3, 0.4) is 0 Å². The molecule has 2 nitrogen and oxygen atoms in total. The van der Waals surface area contributed by atoms with Gasteiger partial charge in [0.15, 0.2) is 0 Å². The van der Waals surface area contributed by atoms with E-state index in [2.05, 4.69) is 19.1 Å². The summed E-state index contributed by atoms with van der Waals surface area (Å²) in [4.78, 5) is 11.9. The minimum absolute atomic E-state index is 0.286. The van der Waals surface area contributed by atoms with Crippen LogP contribution < -0.4 is 5.63 Å². The molecule has 1 aromatic heterocycles. The van der Waals surface area contributed by atoms with Crippen LogP contribution in [0.4, 0.5) is 0 Å². The number of benzene rings is 2.